The van der Waals surface area contributed by atoms with Crippen molar-refractivity contribution in [2.75, 3.05) is 6.16 Å². The van der Waals surface area contributed by atoms with Gasteiger partial charge in [-0.3, -0.25) is 9.36 Å². The van der Waals surface area contributed by atoms with Crippen LogP contribution in [0.5, 0.6) is 0 Å². The molecule has 22 heavy (non-hydrogen) atoms. The maximum atomic E-state index is 10.5. The predicted molar refractivity (Wildman–Crippen MR) is 83.9 cm³/mol. The lowest BCUT2D eigenvalue weighted by atomic mass is 10.1. The summed E-state index contributed by atoms with van der Waals surface area (Å²) in [5, 5.41) is 16.0. The zero-order chi connectivity index (χ0) is 17.4. The van der Waals surface area contributed by atoms with Crippen LogP contribution in [0.4, 0.5) is 0 Å². The third-order valence-corrected chi connectivity index (χ3v) is 3.66. The second-order valence-corrected chi connectivity index (χ2v) is 6.68. The van der Waals surface area contributed by atoms with Gasteiger partial charge in [-0.05, 0) is 12.8 Å². The quantitative estimate of drug-likeness (QED) is 0.244. The van der Waals surface area contributed by atoms with Crippen LogP contribution >= 0.6 is 7.60 Å². The van der Waals surface area contributed by atoms with Gasteiger partial charge in [0.05, 0.1) is 0 Å². The molecule has 0 saturated heterocycles. The molecule has 0 rings (SSSR count). The Morgan fingerprint density at radius 2 is 1.23 bits per heavy atom. The molecule has 0 fully saturated rings. The van der Waals surface area contributed by atoms with Gasteiger partial charge in [-0.15, -0.1) is 0 Å². The largest absolute Gasteiger partial charge is 0.481 e. The van der Waals surface area contributed by atoms with Crippen molar-refractivity contribution in [2.45, 2.75) is 57.8 Å². The predicted octanol–water partition coefficient (Wildman–Crippen LogP) is 3.02. The number of rotatable bonds is 12. The van der Waals surface area contributed by atoms with Crippen molar-refractivity contribution in [3.05, 3.63) is 12.7 Å². The molecule has 0 aliphatic heterocycles. The van der Waals surface area contributed by atoms with E-state index in [1.807, 2.05) is 0 Å². The summed E-state index contributed by atoms with van der Waals surface area (Å²) >= 11 is 0. The first-order valence-electron chi connectivity index (χ1n) is 7.30. The highest BCUT2D eigenvalue weighted by Gasteiger charge is 2.10. The molecular weight excluding hydrogens is 311 g/mol. The van der Waals surface area contributed by atoms with Crippen LogP contribution in [0.1, 0.15) is 57.8 Å². The topological polar surface area (TPSA) is 132 Å². The van der Waals surface area contributed by atoms with Crippen LogP contribution in [0.2, 0.25) is 0 Å². The van der Waals surface area contributed by atoms with E-state index in [4.69, 9.17) is 20.0 Å². The van der Waals surface area contributed by atoms with E-state index in [9.17, 15) is 14.2 Å². The summed E-state index contributed by atoms with van der Waals surface area (Å²) in [6.07, 6.45) is 8.41. The van der Waals surface area contributed by atoms with Gasteiger partial charge in [0, 0.05) is 18.7 Å². The average molecular weight is 338 g/mol. The van der Waals surface area contributed by atoms with Gasteiger partial charge >= 0.3 is 19.5 Å². The fraction of sp³-hybridized carbons (Fsp3) is 0.714. The average Bonchev–Trinajstić information content (AvgIpc) is 2.40. The minimum absolute atomic E-state index is 0.00832. The summed E-state index contributed by atoms with van der Waals surface area (Å²) < 4.78 is 10.5. The molecule has 0 aliphatic rings. The summed E-state index contributed by atoms with van der Waals surface area (Å²) in [4.78, 5) is 36.7. The van der Waals surface area contributed by atoms with Crippen molar-refractivity contribution in [1.82, 2.24) is 0 Å². The lowest BCUT2D eigenvalue weighted by molar-refractivity contribution is -0.137. The second kappa shape index (κ2) is 14.8. The maximum absolute atomic E-state index is 10.5. The molecule has 0 aromatic heterocycles. The number of carbonyl (C=O) groups is 2. The summed E-state index contributed by atoms with van der Waals surface area (Å²) in [5.41, 5.74) is 0. The van der Waals surface area contributed by atoms with Gasteiger partial charge in [-0.2, -0.15) is 0 Å². The molecule has 0 amide bonds. The molecule has 0 heterocycles. The molecule has 0 saturated carbocycles. The molecule has 0 radical (unpaired) electrons. The molecule has 0 atom stereocenters. The van der Waals surface area contributed by atoms with Crippen molar-refractivity contribution < 1.29 is 34.2 Å². The van der Waals surface area contributed by atoms with E-state index in [2.05, 4.69) is 6.58 Å². The summed E-state index contributed by atoms with van der Waals surface area (Å²) in [7, 11) is -3.80. The number of carboxylic acids is 2. The lowest BCUT2D eigenvalue weighted by Crippen LogP contribution is -1.93. The Hall–Kier alpha value is -1.17. The molecule has 0 spiro atoms. The van der Waals surface area contributed by atoms with Gasteiger partial charge in [-0.25, -0.2) is 4.79 Å². The molecule has 0 aromatic carbocycles. The fourth-order valence-electron chi connectivity index (χ4n) is 1.65. The van der Waals surface area contributed by atoms with Crippen LogP contribution in [-0.4, -0.2) is 38.1 Å². The Labute approximate surface area is 131 Å². The van der Waals surface area contributed by atoms with Gasteiger partial charge in [0.25, 0.3) is 0 Å². The number of hydrogen-bond donors (Lipinski definition) is 4. The third kappa shape index (κ3) is 27.2. The normalized spacial score (nSPS) is 10.5. The molecule has 130 valence electrons. The van der Waals surface area contributed by atoms with Crippen LogP contribution in [0.25, 0.3) is 0 Å². The molecule has 8 heteroatoms. The molecular formula is C14H27O7P. The van der Waals surface area contributed by atoms with Crippen LogP contribution in [-0.2, 0) is 14.2 Å². The smallest absolute Gasteiger partial charge is 0.327 e. The van der Waals surface area contributed by atoms with Crippen molar-refractivity contribution in [2.24, 2.45) is 0 Å². The molecule has 0 unspecified atom stereocenters. The summed E-state index contributed by atoms with van der Waals surface area (Å²) in [6.45, 7) is 2.96. The van der Waals surface area contributed by atoms with Crippen LogP contribution in [0, 0.1) is 0 Å². The highest BCUT2D eigenvalue weighted by atomic mass is 31.2. The minimum Gasteiger partial charge on any atom is -0.481 e. The van der Waals surface area contributed by atoms with E-state index in [-0.39, 0.29) is 12.6 Å². The number of carboxylic acid groups (broad SMARTS) is 2. The zero-order valence-corrected chi connectivity index (χ0v) is 13.7. The highest BCUT2D eigenvalue weighted by molar-refractivity contribution is 7.51. The molecule has 7 nitrogen and oxygen atoms in total. The van der Waals surface area contributed by atoms with Gasteiger partial charge in [0.1, 0.15) is 0 Å². The Morgan fingerprint density at radius 3 is 1.55 bits per heavy atom. The van der Waals surface area contributed by atoms with Crippen molar-refractivity contribution in [1.29, 1.82) is 0 Å². The van der Waals surface area contributed by atoms with Crippen molar-refractivity contribution in [3.63, 3.8) is 0 Å². The van der Waals surface area contributed by atoms with E-state index in [0.717, 1.165) is 51.0 Å². The van der Waals surface area contributed by atoms with Gasteiger partial charge in [-0.1, -0.05) is 45.1 Å². The monoisotopic (exact) mass is 338 g/mol. The lowest BCUT2D eigenvalue weighted by Gasteiger charge is -2.03. The number of unbranched alkanes of at least 4 members (excludes halogenated alkanes) is 7. The summed E-state index contributed by atoms with van der Waals surface area (Å²) in [6, 6.07) is 0. The number of hydrogen-bond acceptors (Lipinski definition) is 3. The first-order chi connectivity index (χ1) is 10.2. The first kappa shape index (κ1) is 23.1. The fourth-order valence-corrected chi connectivity index (χ4v) is 2.29. The van der Waals surface area contributed by atoms with E-state index >= 15 is 0 Å². The van der Waals surface area contributed by atoms with E-state index in [0.29, 0.717) is 6.42 Å². The Kier molecular flexibility index (Phi) is 15.5. The maximum Gasteiger partial charge on any atom is 0.327 e. The zero-order valence-electron chi connectivity index (χ0n) is 12.8. The standard InChI is InChI=1S/C11H23O5P.C3H4O2/c12-11(13)9-7-5-3-1-2-4-6-8-10-17(14,15)16;1-2-3(4)5/h1-10H2,(H,12,13)(H2,14,15,16);2H,1H2,(H,4,5). The van der Waals surface area contributed by atoms with E-state index in [1.165, 1.54) is 0 Å². The van der Waals surface area contributed by atoms with Gasteiger partial charge < -0.3 is 20.0 Å². The Bertz CT molecular complexity index is 362. The second-order valence-electron chi connectivity index (χ2n) is 4.90. The minimum atomic E-state index is -3.80. The molecule has 0 aliphatic carbocycles. The van der Waals surface area contributed by atoms with Crippen LogP contribution in [0.15, 0.2) is 12.7 Å². The van der Waals surface area contributed by atoms with Crippen LogP contribution in [0.3, 0.4) is 0 Å². The SMILES string of the molecule is C=CC(=O)O.O=C(O)CCCCCCCCCCP(=O)(O)O. The molecule has 0 bridgehead atoms. The Balaban J connectivity index is 0. The van der Waals surface area contributed by atoms with E-state index in [1.54, 1.807) is 0 Å². The third-order valence-electron chi connectivity index (χ3n) is 2.76. The first-order valence-corrected chi connectivity index (χ1v) is 9.10. The highest BCUT2D eigenvalue weighted by Crippen LogP contribution is 2.35. The van der Waals surface area contributed by atoms with Crippen molar-refractivity contribution in [3.8, 4) is 0 Å². The van der Waals surface area contributed by atoms with E-state index < -0.39 is 19.5 Å². The van der Waals surface area contributed by atoms with Gasteiger partial charge in [0.2, 0.25) is 0 Å². The molecule has 0 aromatic rings. The summed E-state index contributed by atoms with van der Waals surface area (Å²) in [5.74, 6) is -1.72. The van der Waals surface area contributed by atoms with Gasteiger partial charge in [0.15, 0.2) is 0 Å². The Morgan fingerprint density at radius 1 is 0.864 bits per heavy atom. The molecule has 4 N–H and O–H groups in total. The van der Waals surface area contributed by atoms with Crippen LogP contribution < -0.4 is 0 Å². The number of aliphatic carboxylic acids is 2. The van der Waals surface area contributed by atoms with Crippen molar-refractivity contribution >= 4 is 19.5 Å².